The van der Waals surface area contributed by atoms with Crippen LogP contribution in [-0.2, 0) is 0 Å². The zero-order valence-electron chi connectivity index (χ0n) is 11.6. The second kappa shape index (κ2) is 5.84. The van der Waals surface area contributed by atoms with Crippen LogP contribution in [0.25, 0.3) is 22.6 Å². The summed E-state index contributed by atoms with van der Waals surface area (Å²) in [5, 5.41) is 8.52. The van der Waals surface area contributed by atoms with Crippen LogP contribution >= 0.6 is 22.9 Å². The summed E-state index contributed by atoms with van der Waals surface area (Å²) in [6, 6.07) is 12.0. The van der Waals surface area contributed by atoms with Crippen LogP contribution in [0.1, 0.15) is 21.2 Å². The maximum Gasteiger partial charge on any atom is 0.259 e. The van der Waals surface area contributed by atoms with Crippen molar-refractivity contribution in [2.75, 3.05) is 0 Å². The lowest BCUT2D eigenvalue weighted by Crippen LogP contribution is -1.78. The molecule has 3 nitrogen and oxygen atoms in total. The Morgan fingerprint density at radius 1 is 1.19 bits per heavy atom. The largest absolute Gasteiger partial charge is 0.415 e. The van der Waals surface area contributed by atoms with Crippen LogP contribution in [0.15, 0.2) is 40.8 Å². The molecule has 0 bridgehead atoms. The highest BCUT2D eigenvalue weighted by Gasteiger charge is 2.11. The fourth-order valence-electron chi connectivity index (χ4n) is 1.93. The highest BCUT2D eigenvalue weighted by atomic mass is 35.5. The molecule has 0 unspecified atom stereocenters. The van der Waals surface area contributed by atoms with E-state index in [4.69, 9.17) is 16.0 Å². The van der Waals surface area contributed by atoms with Gasteiger partial charge in [0, 0.05) is 15.3 Å². The molecule has 0 saturated carbocycles. The van der Waals surface area contributed by atoms with E-state index in [1.54, 1.807) is 11.3 Å². The highest BCUT2D eigenvalue weighted by molar-refractivity contribution is 7.12. The number of aryl methyl sites for hydroxylation is 2. The van der Waals surface area contributed by atoms with Gasteiger partial charge in [0.1, 0.15) is 5.03 Å². The number of hydrogen-bond acceptors (Lipinski definition) is 4. The quantitative estimate of drug-likeness (QED) is 0.670. The Balaban J connectivity index is 1.89. The van der Waals surface area contributed by atoms with Crippen molar-refractivity contribution in [1.29, 1.82) is 0 Å². The molecular weight excluding hydrogens is 304 g/mol. The van der Waals surface area contributed by atoms with Crippen molar-refractivity contribution in [3.8, 4) is 11.5 Å². The first-order chi connectivity index (χ1) is 10.1. The van der Waals surface area contributed by atoms with Crippen LogP contribution in [-0.4, -0.2) is 10.2 Å². The number of aromatic nitrogens is 2. The number of thiophene rings is 1. The Kier molecular flexibility index (Phi) is 3.90. The van der Waals surface area contributed by atoms with E-state index in [0.717, 1.165) is 16.0 Å². The average molecular weight is 317 g/mol. The summed E-state index contributed by atoms with van der Waals surface area (Å²) in [6.45, 7) is 4.07. The molecule has 0 spiro atoms. The maximum absolute atomic E-state index is 6.25. The van der Waals surface area contributed by atoms with Crippen molar-refractivity contribution in [3.63, 3.8) is 0 Å². The fraction of sp³-hybridized carbons (Fsp3) is 0.125. The Morgan fingerprint density at radius 3 is 2.76 bits per heavy atom. The molecule has 0 amide bonds. The number of benzene rings is 1. The highest BCUT2D eigenvalue weighted by Crippen LogP contribution is 2.27. The van der Waals surface area contributed by atoms with E-state index in [2.05, 4.69) is 17.1 Å². The first kappa shape index (κ1) is 14.0. The summed E-state index contributed by atoms with van der Waals surface area (Å²) in [6.07, 6.45) is 1.84. The van der Waals surface area contributed by atoms with Crippen LogP contribution in [0.3, 0.4) is 0 Å². The van der Waals surface area contributed by atoms with Gasteiger partial charge in [0.05, 0.1) is 0 Å². The predicted molar refractivity (Wildman–Crippen MR) is 87.3 cm³/mol. The molecule has 2 heterocycles. The van der Waals surface area contributed by atoms with Gasteiger partial charge in [-0.2, -0.15) is 0 Å². The van der Waals surface area contributed by atoms with Gasteiger partial charge in [0.25, 0.3) is 5.89 Å². The van der Waals surface area contributed by atoms with Gasteiger partial charge in [-0.3, -0.25) is 0 Å². The minimum absolute atomic E-state index is 0.333. The fourth-order valence-corrected chi connectivity index (χ4v) is 3.01. The standard InChI is InChI=1S/C16H13ClN2OS/c1-10-4-3-5-12(8-10)15-18-19-16(20-15)14(17)9-13-7-6-11(2)21-13/h3-9H,1-2H3/b14-9-. The van der Waals surface area contributed by atoms with Gasteiger partial charge < -0.3 is 4.42 Å². The second-order valence-electron chi connectivity index (χ2n) is 4.72. The molecule has 0 aliphatic heterocycles. The van der Waals surface area contributed by atoms with Crippen molar-refractivity contribution in [3.05, 3.63) is 57.6 Å². The van der Waals surface area contributed by atoms with E-state index in [0.29, 0.717) is 16.8 Å². The molecular formula is C16H13ClN2OS. The second-order valence-corrected chi connectivity index (χ2v) is 6.45. The van der Waals surface area contributed by atoms with Crippen molar-refractivity contribution in [2.24, 2.45) is 0 Å². The minimum Gasteiger partial charge on any atom is -0.415 e. The minimum atomic E-state index is 0.333. The topological polar surface area (TPSA) is 38.9 Å². The molecule has 0 aliphatic carbocycles. The third kappa shape index (κ3) is 3.23. The molecule has 3 aromatic rings. The zero-order chi connectivity index (χ0) is 14.8. The van der Waals surface area contributed by atoms with Gasteiger partial charge in [-0.25, -0.2) is 0 Å². The molecule has 0 aliphatic rings. The first-order valence-electron chi connectivity index (χ1n) is 6.46. The SMILES string of the molecule is Cc1cccc(-c2nnc(/C(Cl)=C/c3ccc(C)s3)o2)c1. The normalized spacial score (nSPS) is 11.9. The number of rotatable bonds is 3. The Labute approximate surface area is 131 Å². The molecule has 0 fully saturated rings. The van der Waals surface area contributed by atoms with Crippen molar-refractivity contribution in [1.82, 2.24) is 10.2 Å². The van der Waals surface area contributed by atoms with Crippen LogP contribution < -0.4 is 0 Å². The lowest BCUT2D eigenvalue weighted by Gasteiger charge is -1.96. The molecule has 0 saturated heterocycles. The summed E-state index contributed by atoms with van der Waals surface area (Å²) in [5.41, 5.74) is 2.04. The monoisotopic (exact) mass is 316 g/mol. The summed E-state index contributed by atoms with van der Waals surface area (Å²) in [7, 11) is 0. The smallest absolute Gasteiger partial charge is 0.259 e. The summed E-state index contributed by atoms with van der Waals surface area (Å²) in [5.74, 6) is 0.807. The van der Waals surface area contributed by atoms with Crippen molar-refractivity contribution < 1.29 is 4.42 Å². The van der Waals surface area contributed by atoms with E-state index >= 15 is 0 Å². The van der Waals surface area contributed by atoms with Crippen molar-refractivity contribution in [2.45, 2.75) is 13.8 Å². The number of nitrogens with zero attached hydrogens (tertiary/aromatic N) is 2. The number of halogens is 1. The lowest BCUT2D eigenvalue weighted by atomic mass is 10.1. The molecule has 21 heavy (non-hydrogen) atoms. The number of hydrogen-bond donors (Lipinski definition) is 0. The summed E-state index contributed by atoms with van der Waals surface area (Å²) in [4.78, 5) is 2.30. The third-order valence-electron chi connectivity index (χ3n) is 2.92. The first-order valence-corrected chi connectivity index (χ1v) is 7.66. The molecule has 3 rings (SSSR count). The van der Waals surface area contributed by atoms with Crippen LogP contribution in [0.4, 0.5) is 0 Å². The average Bonchev–Trinajstić information content (AvgIpc) is 3.08. The van der Waals surface area contributed by atoms with E-state index in [1.165, 1.54) is 4.88 Å². The Morgan fingerprint density at radius 2 is 2.05 bits per heavy atom. The predicted octanol–water partition coefficient (Wildman–Crippen LogP) is 5.15. The van der Waals surface area contributed by atoms with Crippen LogP contribution in [0.2, 0.25) is 0 Å². The van der Waals surface area contributed by atoms with E-state index in [1.807, 2.05) is 49.4 Å². The Bertz CT molecular complexity index is 804. The molecule has 0 N–H and O–H groups in total. The van der Waals surface area contributed by atoms with Gasteiger partial charge in [-0.05, 0) is 44.2 Å². The molecule has 1 aromatic carbocycles. The van der Waals surface area contributed by atoms with Gasteiger partial charge in [0.2, 0.25) is 5.89 Å². The van der Waals surface area contributed by atoms with E-state index in [-0.39, 0.29) is 0 Å². The van der Waals surface area contributed by atoms with Gasteiger partial charge >= 0.3 is 0 Å². The van der Waals surface area contributed by atoms with Gasteiger partial charge in [-0.15, -0.1) is 21.5 Å². The molecule has 2 aromatic heterocycles. The molecule has 0 atom stereocenters. The van der Waals surface area contributed by atoms with Crippen LogP contribution in [0.5, 0.6) is 0 Å². The molecule has 0 radical (unpaired) electrons. The Hall–Kier alpha value is -1.91. The third-order valence-corrected chi connectivity index (χ3v) is 4.14. The van der Waals surface area contributed by atoms with Gasteiger partial charge in [0.15, 0.2) is 0 Å². The van der Waals surface area contributed by atoms with Crippen LogP contribution in [0, 0.1) is 13.8 Å². The summed E-state index contributed by atoms with van der Waals surface area (Å²) < 4.78 is 5.65. The zero-order valence-corrected chi connectivity index (χ0v) is 13.2. The molecule has 106 valence electrons. The van der Waals surface area contributed by atoms with Crippen molar-refractivity contribution >= 4 is 34.0 Å². The van der Waals surface area contributed by atoms with E-state index < -0.39 is 0 Å². The summed E-state index contributed by atoms with van der Waals surface area (Å²) >= 11 is 7.92. The van der Waals surface area contributed by atoms with Gasteiger partial charge in [-0.1, -0.05) is 29.3 Å². The lowest BCUT2D eigenvalue weighted by molar-refractivity contribution is 0.556. The van der Waals surface area contributed by atoms with E-state index in [9.17, 15) is 0 Å². The maximum atomic E-state index is 6.25. The molecule has 5 heteroatoms.